The van der Waals surface area contributed by atoms with E-state index in [-0.39, 0.29) is 12.5 Å². The van der Waals surface area contributed by atoms with Gasteiger partial charge in [0.15, 0.2) is 5.58 Å². The number of hydrogen-bond acceptors (Lipinski definition) is 5. The Hall–Kier alpha value is -3.61. The maximum Gasteiger partial charge on any atom is 0.420 e. The summed E-state index contributed by atoms with van der Waals surface area (Å²) in [6.07, 6.45) is 0. The highest BCUT2D eigenvalue weighted by Gasteiger charge is 2.13. The van der Waals surface area contributed by atoms with Crippen LogP contribution in [0.3, 0.4) is 0 Å². The molecular weight excluding hydrogens is 380 g/mol. The maximum absolute atomic E-state index is 12.6. The van der Waals surface area contributed by atoms with Crippen LogP contribution in [0.2, 0.25) is 0 Å². The molecule has 0 aliphatic carbocycles. The van der Waals surface area contributed by atoms with E-state index in [1.54, 1.807) is 24.3 Å². The van der Waals surface area contributed by atoms with Crippen LogP contribution >= 0.6 is 0 Å². The minimum atomic E-state index is -0.547. The van der Waals surface area contributed by atoms with Crippen molar-refractivity contribution in [3.63, 3.8) is 0 Å². The number of rotatable bonds is 6. The summed E-state index contributed by atoms with van der Waals surface area (Å²) < 4.78 is 6.52. The van der Waals surface area contributed by atoms with Crippen molar-refractivity contribution in [2.75, 3.05) is 23.3 Å². The number of nitrogens with zero attached hydrogens (tertiary/aromatic N) is 3. The minimum Gasteiger partial charge on any atom is -0.408 e. The van der Waals surface area contributed by atoms with Gasteiger partial charge in [-0.25, -0.2) is 9.78 Å². The van der Waals surface area contributed by atoms with Gasteiger partial charge in [-0.2, -0.15) is 0 Å². The van der Waals surface area contributed by atoms with E-state index in [1.807, 2.05) is 25.1 Å². The van der Waals surface area contributed by atoms with Crippen LogP contribution in [0.4, 0.5) is 11.5 Å². The van der Waals surface area contributed by atoms with Crippen molar-refractivity contribution >= 4 is 39.4 Å². The second-order valence-corrected chi connectivity index (χ2v) is 7.17. The van der Waals surface area contributed by atoms with Crippen LogP contribution in [0.15, 0.2) is 57.7 Å². The van der Waals surface area contributed by atoms with Crippen molar-refractivity contribution < 1.29 is 9.21 Å². The van der Waals surface area contributed by atoms with Crippen LogP contribution in [-0.2, 0) is 11.3 Å². The van der Waals surface area contributed by atoms with Gasteiger partial charge in [-0.3, -0.25) is 9.36 Å². The number of hydrogen-bond donors (Lipinski definition) is 1. The third-order valence-corrected chi connectivity index (χ3v) is 5.25. The summed E-state index contributed by atoms with van der Waals surface area (Å²) in [7, 11) is 0. The summed E-state index contributed by atoms with van der Waals surface area (Å²) in [5.74, 6) is 0.107. The number of aryl methyl sites for hydroxylation is 1. The first-order valence-corrected chi connectivity index (χ1v) is 10.0. The highest BCUT2D eigenvalue weighted by molar-refractivity contribution is 5.95. The predicted octanol–water partition coefficient (Wildman–Crippen LogP) is 3.94. The molecule has 2 aromatic heterocycles. The molecule has 7 heteroatoms. The normalized spacial score (nSPS) is 11.2. The number of para-hydroxylation sites is 2. The second kappa shape index (κ2) is 8.02. The monoisotopic (exact) mass is 404 g/mol. The molecule has 1 N–H and O–H groups in total. The number of anilines is 2. The summed E-state index contributed by atoms with van der Waals surface area (Å²) in [6, 6.07) is 14.8. The fraction of sp³-hybridized carbons (Fsp3) is 0.261. The van der Waals surface area contributed by atoms with E-state index >= 15 is 0 Å². The van der Waals surface area contributed by atoms with Crippen molar-refractivity contribution in [1.29, 1.82) is 0 Å². The van der Waals surface area contributed by atoms with Crippen molar-refractivity contribution in [1.82, 2.24) is 9.55 Å². The lowest BCUT2D eigenvalue weighted by atomic mass is 10.1. The van der Waals surface area contributed by atoms with E-state index in [2.05, 4.69) is 30.1 Å². The summed E-state index contributed by atoms with van der Waals surface area (Å²) in [6.45, 7) is 7.93. The lowest BCUT2D eigenvalue weighted by Crippen LogP contribution is -2.24. The molecule has 7 nitrogen and oxygen atoms in total. The number of amides is 1. The highest BCUT2D eigenvalue weighted by Crippen LogP contribution is 2.25. The molecule has 154 valence electrons. The molecule has 0 unspecified atom stereocenters. The molecule has 0 bridgehead atoms. The topological polar surface area (TPSA) is 80.4 Å². The molecule has 30 heavy (non-hydrogen) atoms. The van der Waals surface area contributed by atoms with Crippen LogP contribution in [0.5, 0.6) is 0 Å². The first kappa shape index (κ1) is 19.7. The fourth-order valence-electron chi connectivity index (χ4n) is 3.67. The van der Waals surface area contributed by atoms with E-state index < -0.39 is 5.76 Å². The van der Waals surface area contributed by atoms with E-state index in [9.17, 15) is 9.59 Å². The standard InChI is InChI=1S/C23H24N4O3/c1-4-26(5-2)21-12-15(3)17-13-16(10-11-18(17)25-21)24-22(28)14-27-19-8-6-7-9-20(19)30-23(27)29/h6-13H,4-5,14H2,1-3H3,(H,24,28). The van der Waals surface area contributed by atoms with Crippen LogP contribution in [0, 0.1) is 6.92 Å². The van der Waals surface area contributed by atoms with Crippen LogP contribution in [-0.4, -0.2) is 28.5 Å². The van der Waals surface area contributed by atoms with Gasteiger partial charge in [-0.05, 0) is 62.7 Å². The van der Waals surface area contributed by atoms with Crippen molar-refractivity contribution in [3.05, 3.63) is 64.6 Å². The summed E-state index contributed by atoms with van der Waals surface area (Å²) in [5, 5.41) is 3.85. The van der Waals surface area contributed by atoms with E-state index in [1.165, 1.54) is 4.57 Å². The zero-order valence-electron chi connectivity index (χ0n) is 17.3. The van der Waals surface area contributed by atoms with E-state index in [4.69, 9.17) is 9.40 Å². The Balaban J connectivity index is 1.58. The molecule has 0 aliphatic heterocycles. The Labute approximate surface area is 173 Å². The van der Waals surface area contributed by atoms with Gasteiger partial charge in [-0.15, -0.1) is 0 Å². The Morgan fingerprint density at radius 3 is 2.67 bits per heavy atom. The van der Waals surface area contributed by atoms with Gasteiger partial charge in [0.2, 0.25) is 5.91 Å². The lowest BCUT2D eigenvalue weighted by Gasteiger charge is -2.21. The van der Waals surface area contributed by atoms with Gasteiger partial charge in [0, 0.05) is 24.2 Å². The molecule has 4 rings (SSSR count). The summed E-state index contributed by atoms with van der Waals surface area (Å²) >= 11 is 0. The largest absolute Gasteiger partial charge is 0.420 e. The number of aromatic nitrogens is 2. The number of oxazole rings is 1. The molecule has 0 spiro atoms. The SMILES string of the molecule is CCN(CC)c1cc(C)c2cc(NC(=O)Cn3c(=O)oc4ccccc43)ccc2n1. The lowest BCUT2D eigenvalue weighted by molar-refractivity contribution is -0.116. The van der Waals surface area contributed by atoms with Gasteiger partial charge in [-0.1, -0.05) is 12.1 Å². The third-order valence-electron chi connectivity index (χ3n) is 5.25. The molecule has 0 aliphatic rings. The molecule has 2 aromatic carbocycles. The van der Waals surface area contributed by atoms with Gasteiger partial charge in [0.05, 0.1) is 11.0 Å². The predicted molar refractivity (Wildman–Crippen MR) is 119 cm³/mol. The summed E-state index contributed by atoms with van der Waals surface area (Å²) in [5.41, 5.74) is 3.70. The quantitative estimate of drug-likeness (QED) is 0.527. The van der Waals surface area contributed by atoms with E-state index in [0.717, 1.165) is 35.4 Å². The van der Waals surface area contributed by atoms with Crippen LogP contribution in [0.1, 0.15) is 19.4 Å². The molecular formula is C23H24N4O3. The number of pyridine rings is 1. The Bertz CT molecular complexity index is 1280. The van der Waals surface area contributed by atoms with Gasteiger partial charge in [0.25, 0.3) is 0 Å². The fourth-order valence-corrected chi connectivity index (χ4v) is 3.67. The first-order valence-electron chi connectivity index (χ1n) is 10.0. The summed E-state index contributed by atoms with van der Waals surface area (Å²) in [4.78, 5) is 31.6. The Morgan fingerprint density at radius 2 is 1.90 bits per heavy atom. The molecule has 1 amide bonds. The van der Waals surface area contributed by atoms with Gasteiger partial charge >= 0.3 is 5.76 Å². The molecule has 0 fully saturated rings. The Morgan fingerprint density at radius 1 is 1.13 bits per heavy atom. The molecule has 0 radical (unpaired) electrons. The molecule has 0 saturated carbocycles. The van der Waals surface area contributed by atoms with Crippen LogP contribution in [0.25, 0.3) is 22.0 Å². The third kappa shape index (κ3) is 3.66. The van der Waals surface area contributed by atoms with Crippen molar-refractivity contribution in [3.8, 4) is 0 Å². The second-order valence-electron chi connectivity index (χ2n) is 7.17. The zero-order valence-corrected chi connectivity index (χ0v) is 17.3. The average Bonchev–Trinajstić information content (AvgIpc) is 3.04. The van der Waals surface area contributed by atoms with Crippen molar-refractivity contribution in [2.45, 2.75) is 27.3 Å². The van der Waals surface area contributed by atoms with Crippen LogP contribution < -0.4 is 16.0 Å². The number of carbonyl (C=O) groups excluding carboxylic acids is 1. The number of benzene rings is 2. The Kier molecular flexibility index (Phi) is 5.27. The zero-order chi connectivity index (χ0) is 21.3. The minimum absolute atomic E-state index is 0.119. The smallest absolute Gasteiger partial charge is 0.408 e. The van der Waals surface area contributed by atoms with Gasteiger partial charge < -0.3 is 14.6 Å². The molecule has 4 aromatic rings. The maximum atomic E-state index is 12.6. The van der Waals surface area contributed by atoms with Gasteiger partial charge in [0.1, 0.15) is 12.4 Å². The molecule has 0 saturated heterocycles. The number of carbonyl (C=O) groups is 1. The molecule has 0 atom stereocenters. The molecule has 2 heterocycles. The van der Waals surface area contributed by atoms with E-state index in [0.29, 0.717) is 16.8 Å². The average molecular weight is 404 g/mol. The number of nitrogens with one attached hydrogen (secondary N) is 1. The van der Waals surface area contributed by atoms with Crippen molar-refractivity contribution in [2.24, 2.45) is 0 Å². The highest BCUT2D eigenvalue weighted by atomic mass is 16.4. The first-order chi connectivity index (χ1) is 14.5. The number of fused-ring (bicyclic) bond motifs is 2.